The monoisotopic (exact) mass is 414 g/mol. The molecule has 0 spiro atoms. The summed E-state index contributed by atoms with van der Waals surface area (Å²) in [5.41, 5.74) is 3.29. The van der Waals surface area contributed by atoms with Gasteiger partial charge in [-0.15, -0.1) is 0 Å². The summed E-state index contributed by atoms with van der Waals surface area (Å²) >= 11 is 11.8. The van der Waals surface area contributed by atoms with Crippen molar-refractivity contribution in [2.75, 3.05) is 22.7 Å². The lowest BCUT2D eigenvalue weighted by Gasteiger charge is -2.25. The molecule has 1 aliphatic rings. The molecule has 2 N–H and O–H groups in total. The Morgan fingerprint density at radius 2 is 1.73 bits per heavy atom. The molecule has 0 aliphatic carbocycles. The van der Waals surface area contributed by atoms with E-state index in [0.717, 1.165) is 42.7 Å². The molecule has 5 nitrogen and oxygen atoms in total. The highest BCUT2D eigenvalue weighted by atomic mass is 35.5. The van der Waals surface area contributed by atoms with Crippen LogP contribution >= 0.6 is 23.2 Å². The summed E-state index contributed by atoms with van der Waals surface area (Å²) in [6.45, 7) is 5.64. The van der Waals surface area contributed by atoms with Crippen molar-refractivity contribution >= 4 is 44.6 Å². The van der Waals surface area contributed by atoms with Gasteiger partial charge in [0.25, 0.3) is 10.0 Å². The van der Waals surface area contributed by atoms with E-state index in [9.17, 15) is 13.5 Å². The van der Waals surface area contributed by atoms with E-state index >= 15 is 0 Å². The summed E-state index contributed by atoms with van der Waals surface area (Å²) in [7, 11) is -4.07. The second-order valence-electron chi connectivity index (χ2n) is 6.51. The largest absolute Gasteiger partial charge is 0.505 e. The first kappa shape index (κ1) is 19.1. The number of nitrogens with one attached hydrogen (secondary N) is 1. The van der Waals surface area contributed by atoms with Crippen LogP contribution in [0.3, 0.4) is 0 Å². The highest BCUT2D eigenvalue weighted by Crippen LogP contribution is 2.38. The molecule has 1 heterocycles. The standard InChI is InChI=1S/C18H20Cl2N2O3S/c1-11-7-12(2)17(22-5-3-4-6-22)15(8-11)21-26(24,25)16-10-13(19)9-14(20)18(16)23/h7-10,21,23H,3-6H2,1-2H3. The molecule has 0 aromatic heterocycles. The Balaban J connectivity index is 2.08. The fraction of sp³-hybridized carbons (Fsp3) is 0.333. The maximum Gasteiger partial charge on any atom is 0.265 e. The van der Waals surface area contributed by atoms with Crippen molar-refractivity contribution in [3.8, 4) is 5.75 Å². The van der Waals surface area contributed by atoms with Crippen LogP contribution in [-0.2, 0) is 10.0 Å². The van der Waals surface area contributed by atoms with Gasteiger partial charge in [0.1, 0.15) is 4.90 Å². The first-order valence-electron chi connectivity index (χ1n) is 8.26. The van der Waals surface area contributed by atoms with Crippen molar-refractivity contribution < 1.29 is 13.5 Å². The molecule has 0 unspecified atom stereocenters. The van der Waals surface area contributed by atoms with Crippen molar-refractivity contribution in [1.29, 1.82) is 0 Å². The molecule has 1 saturated heterocycles. The van der Waals surface area contributed by atoms with E-state index < -0.39 is 15.8 Å². The predicted octanol–water partition coefficient (Wildman–Crippen LogP) is 4.72. The van der Waals surface area contributed by atoms with Crippen LogP contribution in [0.1, 0.15) is 24.0 Å². The summed E-state index contributed by atoms with van der Waals surface area (Å²) in [6, 6.07) is 6.30. The predicted molar refractivity (Wildman–Crippen MR) is 106 cm³/mol. The lowest BCUT2D eigenvalue weighted by Crippen LogP contribution is -2.22. The minimum atomic E-state index is -4.07. The second-order valence-corrected chi connectivity index (χ2v) is 9.01. The average molecular weight is 415 g/mol. The van der Waals surface area contributed by atoms with E-state index in [0.29, 0.717) is 5.69 Å². The molecule has 0 atom stereocenters. The molecular formula is C18H20Cl2N2O3S. The SMILES string of the molecule is Cc1cc(C)c(N2CCCC2)c(NS(=O)(=O)c2cc(Cl)cc(Cl)c2O)c1. The first-order valence-corrected chi connectivity index (χ1v) is 10.5. The third kappa shape index (κ3) is 3.72. The molecule has 1 aliphatic heterocycles. The Hall–Kier alpha value is -1.63. The molecular weight excluding hydrogens is 395 g/mol. The quantitative estimate of drug-likeness (QED) is 0.759. The number of benzene rings is 2. The van der Waals surface area contributed by atoms with E-state index in [1.54, 1.807) is 6.07 Å². The number of nitrogens with zero attached hydrogens (tertiary/aromatic N) is 1. The minimum Gasteiger partial charge on any atom is -0.505 e. The number of aromatic hydroxyl groups is 1. The van der Waals surface area contributed by atoms with Crippen LogP contribution in [0.15, 0.2) is 29.2 Å². The number of halogens is 2. The molecule has 1 fully saturated rings. The Bertz CT molecular complexity index is 955. The molecule has 0 saturated carbocycles. The average Bonchev–Trinajstić information content (AvgIpc) is 3.03. The number of hydrogen-bond acceptors (Lipinski definition) is 4. The lowest BCUT2D eigenvalue weighted by atomic mass is 10.1. The van der Waals surface area contributed by atoms with Crippen LogP contribution in [0.25, 0.3) is 0 Å². The lowest BCUT2D eigenvalue weighted by molar-refractivity contribution is 0.459. The van der Waals surface area contributed by atoms with Gasteiger partial charge in [0.05, 0.1) is 16.4 Å². The Labute approximate surface area is 163 Å². The van der Waals surface area contributed by atoms with Gasteiger partial charge in [-0.3, -0.25) is 4.72 Å². The zero-order valence-electron chi connectivity index (χ0n) is 14.5. The van der Waals surface area contributed by atoms with Crippen LogP contribution in [0.2, 0.25) is 10.0 Å². The van der Waals surface area contributed by atoms with Gasteiger partial charge in [0.2, 0.25) is 0 Å². The maximum atomic E-state index is 12.9. The molecule has 2 aromatic rings. The van der Waals surface area contributed by atoms with Crippen molar-refractivity contribution in [2.45, 2.75) is 31.6 Å². The maximum absolute atomic E-state index is 12.9. The highest BCUT2D eigenvalue weighted by molar-refractivity contribution is 7.92. The number of rotatable bonds is 4. The van der Waals surface area contributed by atoms with Crippen molar-refractivity contribution in [2.24, 2.45) is 0 Å². The normalized spacial score (nSPS) is 14.7. The Morgan fingerprint density at radius 3 is 2.38 bits per heavy atom. The molecule has 140 valence electrons. The fourth-order valence-corrected chi connectivity index (χ4v) is 5.16. The van der Waals surface area contributed by atoms with Crippen molar-refractivity contribution in [3.63, 3.8) is 0 Å². The van der Waals surface area contributed by atoms with E-state index in [-0.39, 0.29) is 14.9 Å². The van der Waals surface area contributed by atoms with Gasteiger partial charge in [-0.2, -0.15) is 0 Å². The summed E-state index contributed by atoms with van der Waals surface area (Å²) in [6.07, 6.45) is 2.15. The molecule has 2 aromatic carbocycles. The third-order valence-corrected chi connectivity index (χ3v) is 6.28. The van der Waals surface area contributed by atoms with Crippen LogP contribution in [0.5, 0.6) is 5.75 Å². The van der Waals surface area contributed by atoms with E-state index in [1.165, 1.54) is 12.1 Å². The second kappa shape index (κ2) is 7.18. The summed E-state index contributed by atoms with van der Waals surface area (Å²) in [4.78, 5) is 1.83. The molecule has 26 heavy (non-hydrogen) atoms. The molecule has 8 heteroatoms. The number of sulfonamides is 1. The Morgan fingerprint density at radius 1 is 1.08 bits per heavy atom. The van der Waals surface area contributed by atoms with Gasteiger partial charge in [-0.05, 0) is 56.0 Å². The van der Waals surface area contributed by atoms with Gasteiger partial charge in [-0.1, -0.05) is 29.3 Å². The van der Waals surface area contributed by atoms with Gasteiger partial charge in [0.15, 0.2) is 5.75 Å². The van der Waals surface area contributed by atoms with Gasteiger partial charge in [0, 0.05) is 18.1 Å². The number of phenolic OH excluding ortho intramolecular Hbond substituents is 1. The fourth-order valence-electron chi connectivity index (χ4n) is 3.35. The summed E-state index contributed by atoms with van der Waals surface area (Å²) in [5, 5.41) is 10.1. The van der Waals surface area contributed by atoms with E-state index in [4.69, 9.17) is 23.2 Å². The topological polar surface area (TPSA) is 69.6 Å². The number of anilines is 2. The van der Waals surface area contributed by atoms with Crippen molar-refractivity contribution in [1.82, 2.24) is 0 Å². The smallest absolute Gasteiger partial charge is 0.265 e. The molecule has 0 amide bonds. The summed E-state index contributed by atoms with van der Waals surface area (Å²) < 4.78 is 28.4. The van der Waals surface area contributed by atoms with Crippen molar-refractivity contribution in [3.05, 3.63) is 45.4 Å². The van der Waals surface area contributed by atoms with Crippen LogP contribution in [-0.4, -0.2) is 26.6 Å². The van der Waals surface area contributed by atoms with Gasteiger partial charge >= 0.3 is 0 Å². The summed E-state index contributed by atoms with van der Waals surface area (Å²) in [5.74, 6) is -0.518. The van der Waals surface area contributed by atoms with Crippen LogP contribution < -0.4 is 9.62 Å². The third-order valence-electron chi connectivity index (χ3n) is 4.39. The number of aryl methyl sites for hydroxylation is 2. The van der Waals surface area contributed by atoms with Gasteiger partial charge < -0.3 is 10.0 Å². The van der Waals surface area contributed by atoms with E-state index in [1.807, 2.05) is 19.9 Å². The highest BCUT2D eigenvalue weighted by Gasteiger charge is 2.25. The van der Waals surface area contributed by atoms with E-state index in [2.05, 4.69) is 9.62 Å². The Kier molecular flexibility index (Phi) is 5.28. The minimum absolute atomic E-state index is 0.113. The number of phenols is 1. The first-order chi connectivity index (χ1) is 12.2. The molecule has 0 bridgehead atoms. The zero-order chi connectivity index (χ0) is 19.1. The van der Waals surface area contributed by atoms with Crippen LogP contribution in [0.4, 0.5) is 11.4 Å². The number of hydrogen-bond donors (Lipinski definition) is 2. The van der Waals surface area contributed by atoms with Crippen LogP contribution in [0, 0.1) is 13.8 Å². The molecule has 3 rings (SSSR count). The molecule has 0 radical (unpaired) electrons. The zero-order valence-corrected chi connectivity index (χ0v) is 16.8. The van der Waals surface area contributed by atoms with Gasteiger partial charge in [-0.25, -0.2) is 8.42 Å².